The number of imidazole rings is 1. The minimum Gasteiger partial charge on any atom is -0.399 e. The van der Waals surface area contributed by atoms with E-state index in [4.69, 9.17) is 17.3 Å². The van der Waals surface area contributed by atoms with Crippen LogP contribution < -0.4 is 5.73 Å². The predicted molar refractivity (Wildman–Crippen MR) is 80.3 cm³/mol. The van der Waals surface area contributed by atoms with E-state index in [2.05, 4.69) is 22.5 Å². The van der Waals surface area contributed by atoms with Gasteiger partial charge in [0.2, 0.25) is 0 Å². The summed E-state index contributed by atoms with van der Waals surface area (Å²) in [5.41, 5.74) is 9.57. The van der Waals surface area contributed by atoms with Crippen LogP contribution in [0.15, 0.2) is 42.5 Å². The second-order valence-corrected chi connectivity index (χ2v) is 4.88. The van der Waals surface area contributed by atoms with Crippen LogP contribution in [0.1, 0.15) is 6.92 Å². The van der Waals surface area contributed by atoms with Crippen LogP contribution in [0.5, 0.6) is 0 Å². The van der Waals surface area contributed by atoms with E-state index in [1.54, 1.807) is 6.07 Å². The van der Waals surface area contributed by atoms with Crippen LogP contribution in [0.25, 0.3) is 22.4 Å². The summed E-state index contributed by atoms with van der Waals surface area (Å²) in [4.78, 5) is 4.68. The summed E-state index contributed by atoms with van der Waals surface area (Å²) in [6.07, 6.45) is 0. The number of nitrogen functional groups attached to an aromatic ring is 1. The number of halogens is 1. The summed E-state index contributed by atoms with van der Waals surface area (Å²) in [6, 6.07) is 13.6. The maximum Gasteiger partial charge on any atom is 0.141 e. The molecule has 0 spiro atoms. The lowest BCUT2D eigenvalue weighted by Gasteiger charge is -2.07. The number of hydrogen-bond acceptors (Lipinski definition) is 2. The van der Waals surface area contributed by atoms with Gasteiger partial charge in [-0.25, -0.2) is 4.98 Å². The molecule has 1 aromatic heterocycles. The van der Waals surface area contributed by atoms with E-state index >= 15 is 0 Å². The first-order chi connectivity index (χ1) is 9.19. The Morgan fingerprint density at radius 2 is 2.00 bits per heavy atom. The van der Waals surface area contributed by atoms with E-state index in [-0.39, 0.29) is 0 Å². The Labute approximate surface area is 116 Å². The Bertz CT molecular complexity index is 726. The summed E-state index contributed by atoms with van der Waals surface area (Å²) < 4.78 is 2.17. The highest BCUT2D eigenvalue weighted by Gasteiger charge is 2.11. The normalized spacial score (nSPS) is 11.1. The zero-order chi connectivity index (χ0) is 13.4. The first-order valence-corrected chi connectivity index (χ1v) is 6.58. The van der Waals surface area contributed by atoms with E-state index in [1.165, 1.54) is 0 Å². The fourth-order valence-corrected chi connectivity index (χ4v) is 2.60. The monoisotopic (exact) mass is 271 g/mol. The number of nitrogens with zero attached hydrogens (tertiary/aromatic N) is 2. The highest BCUT2D eigenvalue weighted by Crippen LogP contribution is 2.28. The van der Waals surface area contributed by atoms with Crippen molar-refractivity contribution in [1.29, 1.82) is 0 Å². The molecular weight excluding hydrogens is 258 g/mol. The van der Waals surface area contributed by atoms with Crippen LogP contribution >= 0.6 is 11.6 Å². The van der Waals surface area contributed by atoms with Crippen LogP contribution in [0.3, 0.4) is 0 Å². The number of aromatic nitrogens is 2. The quantitative estimate of drug-likeness (QED) is 0.717. The molecule has 96 valence electrons. The average Bonchev–Trinajstić information content (AvgIpc) is 2.76. The topological polar surface area (TPSA) is 43.8 Å². The molecule has 0 aliphatic carbocycles. The molecule has 0 fully saturated rings. The van der Waals surface area contributed by atoms with Crippen LogP contribution in [-0.4, -0.2) is 9.55 Å². The SMILES string of the molecule is CCn1c(-c2cc(N)cc(Cl)c2)nc2ccccc21. The van der Waals surface area contributed by atoms with Gasteiger partial charge in [-0.3, -0.25) is 0 Å². The maximum absolute atomic E-state index is 6.08. The van der Waals surface area contributed by atoms with Gasteiger partial charge in [-0.05, 0) is 37.3 Å². The molecule has 1 heterocycles. The van der Waals surface area contributed by atoms with Gasteiger partial charge in [0, 0.05) is 22.8 Å². The van der Waals surface area contributed by atoms with Gasteiger partial charge in [-0.1, -0.05) is 23.7 Å². The van der Waals surface area contributed by atoms with Gasteiger partial charge in [0.25, 0.3) is 0 Å². The lowest BCUT2D eigenvalue weighted by atomic mass is 10.2. The van der Waals surface area contributed by atoms with Crippen molar-refractivity contribution in [2.24, 2.45) is 0 Å². The number of nitrogens with two attached hydrogens (primary N) is 1. The second kappa shape index (κ2) is 4.59. The lowest BCUT2D eigenvalue weighted by Crippen LogP contribution is -1.98. The van der Waals surface area contributed by atoms with E-state index in [9.17, 15) is 0 Å². The molecule has 3 aromatic rings. The first kappa shape index (κ1) is 12.1. The number of benzene rings is 2. The molecule has 0 atom stereocenters. The third kappa shape index (κ3) is 2.06. The number of hydrogen-bond donors (Lipinski definition) is 1. The van der Waals surface area contributed by atoms with Crippen molar-refractivity contribution in [2.75, 3.05) is 5.73 Å². The highest BCUT2D eigenvalue weighted by atomic mass is 35.5. The minimum atomic E-state index is 0.629. The van der Waals surface area contributed by atoms with Gasteiger partial charge < -0.3 is 10.3 Å². The van der Waals surface area contributed by atoms with E-state index in [0.29, 0.717) is 10.7 Å². The second-order valence-electron chi connectivity index (χ2n) is 4.44. The van der Waals surface area contributed by atoms with Gasteiger partial charge in [0.05, 0.1) is 11.0 Å². The molecule has 0 unspecified atom stereocenters. The van der Waals surface area contributed by atoms with Crippen LogP contribution in [-0.2, 0) is 6.54 Å². The molecule has 0 saturated carbocycles. The lowest BCUT2D eigenvalue weighted by molar-refractivity contribution is 0.796. The van der Waals surface area contributed by atoms with Crippen LogP contribution in [0, 0.1) is 0 Å². The molecule has 0 saturated heterocycles. The Balaban J connectivity index is 2.29. The summed E-state index contributed by atoms with van der Waals surface area (Å²) in [5, 5.41) is 0.629. The third-order valence-electron chi connectivity index (χ3n) is 3.15. The molecular formula is C15H14ClN3. The van der Waals surface area contributed by atoms with Gasteiger partial charge in [-0.2, -0.15) is 0 Å². The Morgan fingerprint density at radius 3 is 2.74 bits per heavy atom. The molecule has 0 radical (unpaired) electrons. The number of rotatable bonds is 2. The molecule has 19 heavy (non-hydrogen) atoms. The van der Waals surface area contributed by atoms with Crippen molar-refractivity contribution in [1.82, 2.24) is 9.55 Å². The smallest absolute Gasteiger partial charge is 0.141 e. The van der Waals surface area contributed by atoms with Crippen molar-refractivity contribution < 1.29 is 0 Å². The van der Waals surface area contributed by atoms with Gasteiger partial charge >= 0.3 is 0 Å². The third-order valence-corrected chi connectivity index (χ3v) is 3.37. The summed E-state index contributed by atoms with van der Waals surface area (Å²) in [5.74, 6) is 0.901. The summed E-state index contributed by atoms with van der Waals surface area (Å²) in [6.45, 7) is 2.95. The van der Waals surface area contributed by atoms with E-state index in [0.717, 1.165) is 29.0 Å². The largest absolute Gasteiger partial charge is 0.399 e. The molecule has 0 amide bonds. The summed E-state index contributed by atoms with van der Waals surface area (Å²) in [7, 11) is 0. The van der Waals surface area contributed by atoms with Crippen molar-refractivity contribution in [3.63, 3.8) is 0 Å². The summed E-state index contributed by atoms with van der Waals surface area (Å²) >= 11 is 6.08. The number of aryl methyl sites for hydroxylation is 1. The Kier molecular flexibility index (Phi) is 2.91. The Morgan fingerprint density at radius 1 is 1.21 bits per heavy atom. The van der Waals surface area contributed by atoms with Crippen molar-refractivity contribution in [3.05, 3.63) is 47.5 Å². The van der Waals surface area contributed by atoms with Gasteiger partial charge in [0.15, 0.2) is 0 Å². The highest BCUT2D eigenvalue weighted by molar-refractivity contribution is 6.31. The van der Waals surface area contributed by atoms with Gasteiger partial charge in [-0.15, -0.1) is 0 Å². The fourth-order valence-electron chi connectivity index (χ4n) is 2.36. The number of para-hydroxylation sites is 2. The van der Waals surface area contributed by atoms with Crippen molar-refractivity contribution in [3.8, 4) is 11.4 Å². The van der Waals surface area contributed by atoms with Crippen molar-refractivity contribution in [2.45, 2.75) is 13.5 Å². The maximum atomic E-state index is 6.08. The zero-order valence-corrected chi connectivity index (χ0v) is 11.4. The van der Waals surface area contributed by atoms with E-state index in [1.807, 2.05) is 30.3 Å². The predicted octanol–water partition coefficient (Wildman–Crippen LogP) is 3.96. The molecule has 3 rings (SSSR count). The van der Waals surface area contributed by atoms with Crippen LogP contribution in [0.2, 0.25) is 5.02 Å². The molecule has 0 bridgehead atoms. The molecule has 3 nitrogen and oxygen atoms in total. The Hall–Kier alpha value is -2.00. The standard InChI is InChI=1S/C15H14ClN3/c1-2-19-14-6-4-3-5-13(14)18-15(19)10-7-11(16)9-12(17)8-10/h3-9H,2,17H2,1H3. The van der Waals surface area contributed by atoms with Crippen LogP contribution in [0.4, 0.5) is 5.69 Å². The fraction of sp³-hybridized carbons (Fsp3) is 0.133. The minimum absolute atomic E-state index is 0.629. The zero-order valence-electron chi connectivity index (χ0n) is 10.6. The molecule has 2 N–H and O–H groups in total. The number of fused-ring (bicyclic) bond motifs is 1. The average molecular weight is 272 g/mol. The molecule has 0 aliphatic rings. The van der Waals surface area contributed by atoms with Gasteiger partial charge in [0.1, 0.15) is 5.82 Å². The first-order valence-electron chi connectivity index (χ1n) is 6.20. The molecule has 4 heteroatoms. The molecule has 0 aliphatic heterocycles. The molecule has 2 aromatic carbocycles. The number of anilines is 1. The van der Waals surface area contributed by atoms with Crippen molar-refractivity contribution >= 4 is 28.3 Å². The van der Waals surface area contributed by atoms with E-state index < -0.39 is 0 Å².